The SMILES string of the molecule is CC1(C)C(/C=C/C=C2\CCCN2CCCS(=O)(=O)[O-])=Nc2c1ccc[n+]2CCCCCC(=O)ON1C(=O)CCC1=O. The molecular formula is C29H38N4O7S. The van der Waals surface area contributed by atoms with Crippen LogP contribution >= 0.6 is 0 Å². The Morgan fingerprint density at radius 3 is 2.63 bits per heavy atom. The molecule has 3 aliphatic rings. The molecule has 2 amide bonds. The van der Waals surface area contributed by atoms with Gasteiger partial charge in [0.2, 0.25) is 0 Å². The average Bonchev–Trinajstić information content (AvgIpc) is 3.56. The zero-order chi connectivity index (χ0) is 29.6. The number of hydrogen-bond acceptors (Lipinski definition) is 9. The van der Waals surface area contributed by atoms with Crippen molar-refractivity contribution >= 4 is 39.4 Å². The van der Waals surface area contributed by atoms with Crippen molar-refractivity contribution in [3.05, 3.63) is 47.8 Å². The molecule has 4 rings (SSSR count). The summed E-state index contributed by atoms with van der Waals surface area (Å²) in [6.45, 7) is 6.43. The maximum Gasteiger partial charge on any atom is 0.333 e. The number of carbonyl (C=O) groups excluding carboxylic acids is 3. The molecule has 0 aliphatic carbocycles. The Labute approximate surface area is 241 Å². The van der Waals surface area contributed by atoms with Crippen LogP contribution in [-0.2, 0) is 41.3 Å². The summed E-state index contributed by atoms with van der Waals surface area (Å²) in [7, 11) is -4.19. The lowest BCUT2D eigenvalue weighted by atomic mass is 9.82. The standard InChI is InChI=1S/C29H38N4O7S/c1-29(2)23-12-8-19-32(17-5-3-4-14-27(36)40-33-25(34)15-16-26(33)35)28(23)30-24(29)13-6-10-22-11-7-18-31(22)20-9-21-41(37,38)39/h6,8,10,12-13,19H,3-5,7,9,11,14-18,20-21H2,1-2H3. The van der Waals surface area contributed by atoms with Gasteiger partial charge in [0.1, 0.15) is 0 Å². The first-order chi connectivity index (χ1) is 19.5. The lowest BCUT2D eigenvalue weighted by Gasteiger charge is -2.20. The van der Waals surface area contributed by atoms with E-state index < -0.39 is 27.9 Å². The van der Waals surface area contributed by atoms with E-state index in [1.165, 1.54) is 0 Å². The number of pyridine rings is 1. The maximum absolute atomic E-state index is 12.0. The van der Waals surface area contributed by atoms with Crippen LogP contribution in [0.5, 0.6) is 0 Å². The number of aryl methyl sites for hydroxylation is 1. The highest BCUT2D eigenvalue weighted by atomic mass is 32.2. The highest BCUT2D eigenvalue weighted by Crippen LogP contribution is 2.38. The van der Waals surface area contributed by atoms with Crippen molar-refractivity contribution in [3.63, 3.8) is 0 Å². The number of rotatable bonds is 13. The topological polar surface area (TPSA) is 140 Å². The second-order valence-electron chi connectivity index (χ2n) is 11.1. The van der Waals surface area contributed by atoms with Crippen molar-refractivity contribution in [3.8, 4) is 0 Å². The van der Waals surface area contributed by atoms with Crippen LogP contribution in [0, 0.1) is 0 Å². The number of hydrogen-bond donors (Lipinski definition) is 0. The van der Waals surface area contributed by atoms with E-state index >= 15 is 0 Å². The Kier molecular flexibility index (Phi) is 9.75. The first-order valence-electron chi connectivity index (χ1n) is 14.2. The molecule has 1 aromatic rings. The summed E-state index contributed by atoms with van der Waals surface area (Å²) in [6.07, 6.45) is 12.8. The van der Waals surface area contributed by atoms with E-state index in [1.54, 1.807) is 0 Å². The minimum absolute atomic E-state index is 0.0815. The summed E-state index contributed by atoms with van der Waals surface area (Å²) < 4.78 is 34.9. The minimum Gasteiger partial charge on any atom is -0.748 e. The van der Waals surface area contributed by atoms with Gasteiger partial charge in [-0.15, -0.1) is 5.06 Å². The molecule has 0 radical (unpaired) electrons. The second kappa shape index (κ2) is 13.1. The number of likely N-dealkylation sites (tertiary alicyclic amines) is 1. The Morgan fingerprint density at radius 2 is 1.90 bits per heavy atom. The number of nitrogens with zero attached hydrogens (tertiary/aromatic N) is 4. The van der Waals surface area contributed by atoms with Gasteiger partial charge in [-0.05, 0) is 81.6 Å². The molecule has 12 heteroatoms. The molecule has 2 fully saturated rings. The molecule has 0 atom stereocenters. The molecule has 0 N–H and O–H groups in total. The predicted molar refractivity (Wildman–Crippen MR) is 150 cm³/mol. The number of aliphatic imine (C=N–C) groups is 1. The van der Waals surface area contributed by atoms with Crippen LogP contribution in [0.3, 0.4) is 0 Å². The molecule has 0 unspecified atom stereocenters. The number of imide groups is 1. The van der Waals surface area contributed by atoms with E-state index in [0.29, 0.717) is 24.4 Å². The second-order valence-corrected chi connectivity index (χ2v) is 12.7. The van der Waals surface area contributed by atoms with Gasteiger partial charge in [0.15, 0.2) is 5.71 Å². The monoisotopic (exact) mass is 586 g/mol. The number of unbranched alkanes of at least 4 members (excludes halogenated alkanes) is 2. The number of aromatic nitrogens is 1. The molecule has 0 spiro atoms. The summed E-state index contributed by atoms with van der Waals surface area (Å²) in [6, 6.07) is 4.11. The van der Waals surface area contributed by atoms with E-state index in [0.717, 1.165) is 61.6 Å². The van der Waals surface area contributed by atoms with Crippen molar-refractivity contribution in [1.82, 2.24) is 9.96 Å². The van der Waals surface area contributed by atoms with Gasteiger partial charge in [0, 0.05) is 43.8 Å². The lowest BCUT2D eigenvalue weighted by molar-refractivity contribution is -0.684. The predicted octanol–water partition coefficient (Wildman–Crippen LogP) is 2.98. The van der Waals surface area contributed by atoms with Crippen LogP contribution < -0.4 is 4.57 Å². The minimum atomic E-state index is -4.19. The van der Waals surface area contributed by atoms with Crippen molar-refractivity contribution in [2.45, 2.75) is 83.6 Å². The molecule has 4 heterocycles. The van der Waals surface area contributed by atoms with Gasteiger partial charge in [-0.2, -0.15) is 0 Å². The molecule has 0 bridgehead atoms. The molecule has 0 aromatic carbocycles. The van der Waals surface area contributed by atoms with Gasteiger partial charge in [-0.25, -0.2) is 17.8 Å². The van der Waals surface area contributed by atoms with E-state index in [1.807, 2.05) is 24.4 Å². The Balaban J connectivity index is 1.30. The Hall–Kier alpha value is -3.38. The molecule has 41 heavy (non-hydrogen) atoms. The third kappa shape index (κ3) is 7.88. The number of fused-ring (bicyclic) bond motifs is 1. The number of hydroxylamine groups is 2. The zero-order valence-corrected chi connectivity index (χ0v) is 24.5. The highest BCUT2D eigenvalue weighted by molar-refractivity contribution is 7.85. The number of allylic oxidation sites excluding steroid dienone is 4. The van der Waals surface area contributed by atoms with E-state index in [2.05, 4.69) is 35.5 Å². The van der Waals surface area contributed by atoms with Crippen molar-refractivity contribution in [2.75, 3.05) is 18.8 Å². The largest absolute Gasteiger partial charge is 0.748 e. The van der Waals surface area contributed by atoms with Crippen molar-refractivity contribution in [2.24, 2.45) is 4.99 Å². The molecule has 222 valence electrons. The smallest absolute Gasteiger partial charge is 0.333 e. The van der Waals surface area contributed by atoms with Crippen molar-refractivity contribution in [1.29, 1.82) is 0 Å². The summed E-state index contributed by atoms with van der Waals surface area (Å²) in [5.74, 6) is -0.947. The fourth-order valence-corrected chi connectivity index (χ4v) is 5.87. The summed E-state index contributed by atoms with van der Waals surface area (Å²) in [5.41, 5.74) is 2.94. The molecule has 3 aliphatic heterocycles. The molecule has 1 aromatic heterocycles. The van der Waals surface area contributed by atoms with Gasteiger partial charge in [0.05, 0.1) is 33.8 Å². The van der Waals surface area contributed by atoms with Crippen LogP contribution in [0.15, 0.2) is 47.2 Å². The third-order valence-corrected chi connectivity index (χ3v) is 8.48. The summed E-state index contributed by atoms with van der Waals surface area (Å²) in [4.78, 5) is 47.2. The fraction of sp³-hybridized carbons (Fsp3) is 0.552. The zero-order valence-electron chi connectivity index (χ0n) is 23.7. The van der Waals surface area contributed by atoms with E-state index in [9.17, 15) is 27.4 Å². The molecular weight excluding hydrogens is 548 g/mol. The van der Waals surface area contributed by atoms with Crippen LogP contribution in [0.25, 0.3) is 0 Å². The van der Waals surface area contributed by atoms with E-state index in [-0.39, 0.29) is 30.4 Å². The van der Waals surface area contributed by atoms with E-state index in [4.69, 9.17) is 9.83 Å². The fourth-order valence-electron chi connectivity index (χ4n) is 5.39. The summed E-state index contributed by atoms with van der Waals surface area (Å²) >= 11 is 0. The van der Waals surface area contributed by atoms with Crippen LogP contribution in [-0.4, -0.2) is 65.3 Å². The molecule has 11 nitrogen and oxygen atoms in total. The normalized spacial score (nSPS) is 19.5. The quantitative estimate of drug-likeness (QED) is 0.149. The average molecular weight is 587 g/mol. The lowest BCUT2D eigenvalue weighted by Crippen LogP contribution is -2.35. The summed E-state index contributed by atoms with van der Waals surface area (Å²) in [5, 5.41) is 0.586. The Bertz CT molecular complexity index is 1370. The number of carbonyl (C=O) groups is 3. The third-order valence-electron chi connectivity index (χ3n) is 7.69. The maximum atomic E-state index is 12.0. The first kappa shape index (κ1) is 30.6. The van der Waals surface area contributed by atoms with Crippen LogP contribution in [0.4, 0.5) is 5.82 Å². The van der Waals surface area contributed by atoms with Crippen LogP contribution in [0.2, 0.25) is 0 Å². The molecule has 0 saturated carbocycles. The van der Waals surface area contributed by atoms with Gasteiger partial charge in [-0.1, -0.05) is 6.08 Å². The van der Waals surface area contributed by atoms with Gasteiger partial charge in [-0.3, -0.25) is 9.59 Å². The van der Waals surface area contributed by atoms with Gasteiger partial charge in [0.25, 0.3) is 11.8 Å². The van der Waals surface area contributed by atoms with Gasteiger partial charge >= 0.3 is 11.8 Å². The van der Waals surface area contributed by atoms with Gasteiger partial charge < -0.3 is 14.3 Å². The van der Waals surface area contributed by atoms with Crippen LogP contribution in [0.1, 0.15) is 77.2 Å². The number of amides is 2. The first-order valence-corrected chi connectivity index (χ1v) is 15.8. The Morgan fingerprint density at radius 1 is 1.15 bits per heavy atom. The van der Waals surface area contributed by atoms with Crippen molar-refractivity contribution < 1.29 is 36.8 Å². The molecule has 2 saturated heterocycles. The highest BCUT2D eigenvalue weighted by Gasteiger charge is 2.41.